The summed E-state index contributed by atoms with van der Waals surface area (Å²) in [6.07, 6.45) is 0.999. The van der Waals surface area contributed by atoms with E-state index in [4.69, 9.17) is 10.4 Å². The monoisotopic (exact) mass is 246 g/mol. The molecule has 1 aromatic rings. The zero-order valence-corrected chi connectivity index (χ0v) is 10.1. The number of hydrogen-bond donors (Lipinski definition) is 1. The summed E-state index contributed by atoms with van der Waals surface area (Å²) in [6, 6.07) is 3.64. The van der Waals surface area contributed by atoms with Crippen molar-refractivity contribution in [1.82, 2.24) is 9.97 Å². The van der Waals surface area contributed by atoms with Crippen LogP contribution in [0.2, 0.25) is 0 Å². The Morgan fingerprint density at radius 3 is 3.11 bits per heavy atom. The summed E-state index contributed by atoms with van der Waals surface area (Å²) < 4.78 is 0. The average Bonchev–Trinajstić information content (AvgIpc) is 2.75. The molecule has 0 saturated carbocycles. The summed E-state index contributed by atoms with van der Waals surface area (Å²) in [5, 5.41) is 17.6. The Bertz CT molecular complexity index is 509. The van der Waals surface area contributed by atoms with Crippen molar-refractivity contribution in [2.75, 3.05) is 18.0 Å². The lowest BCUT2D eigenvalue weighted by Crippen LogP contribution is -2.23. The fourth-order valence-corrected chi connectivity index (χ4v) is 2.18. The lowest BCUT2D eigenvalue weighted by atomic mass is 10.1. The van der Waals surface area contributed by atoms with Crippen molar-refractivity contribution < 1.29 is 9.90 Å². The molecule has 1 fully saturated rings. The van der Waals surface area contributed by atoms with E-state index < -0.39 is 5.97 Å². The quantitative estimate of drug-likeness (QED) is 0.854. The van der Waals surface area contributed by atoms with Gasteiger partial charge in [0.25, 0.3) is 0 Å². The van der Waals surface area contributed by atoms with E-state index in [1.54, 1.807) is 6.07 Å². The average molecular weight is 246 g/mol. The van der Waals surface area contributed by atoms with Crippen LogP contribution in [-0.2, 0) is 4.79 Å². The molecule has 0 spiro atoms. The number of aryl methyl sites for hydroxylation is 1. The zero-order chi connectivity index (χ0) is 13.1. The predicted molar refractivity (Wildman–Crippen MR) is 64.1 cm³/mol. The number of carbonyl (C=O) groups is 1. The van der Waals surface area contributed by atoms with E-state index in [0.29, 0.717) is 18.2 Å². The van der Waals surface area contributed by atoms with Gasteiger partial charge in [-0.1, -0.05) is 0 Å². The van der Waals surface area contributed by atoms with Crippen molar-refractivity contribution in [3.05, 3.63) is 17.5 Å². The Morgan fingerprint density at radius 2 is 2.44 bits per heavy atom. The molecule has 2 rings (SSSR count). The van der Waals surface area contributed by atoms with Gasteiger partial charge < -0.3 is 10.0 Å². The molecule has 0 bridgehead atoms. The van der Waals surface area contributed by atoms with Gasteiger partial charge in [0.2, 0.25) is 5.95 Å². The molecule has 1 aliphatic rings. The van der Waals surface area contributed by atoms with E-state index in [-0.39, 0.29) is 12.3 Å². The van der Waals surface area contributed by atoms with Gasteiger partial charge in [-0.2, -0.15) is 5.26 Å². The first-order valence-corrected chi connectivity index (χ1v) is 5.81. The number of aliphatic carboxylic acids is 1. The number of nitrogens with zero attached hydrogens (tertiary/aromatic N) is 4. The summed E-state index contributed by atoms with van der Waals surface area (Å²) in [5.74, 6) is -0.110. The SMILES string of the molecule is Cc1cc(C#N)nc(N2CCC(CC(=O)O)C2)n1. The highest BCUT2D eigenvalue weighted by molar-refractivity contribution is 5.67. The molecule has 94 valence electrons. The summed E-state index contributed by atoms with van der Waals surface area (Å²) >= 11 is 0. The molecule has 6 nitrogen and oxygen atoms in total. The maximum Gasteiger partial charge on any atom is 0.303 e. The minimum atomic E-state index is -0.773. The van der Waals surface area contributed by atoms with Gasteiger partial charge in [0.1, 0.15) is 11.8 Å². The summed E-state index contributed by atoms with van der Waals surface area (Å²) in [6.45, 7) is 3.20. The molecule has 0 aliphatic carbocycles. The Balaban J connectivity index is 2.12. The molecule has 1 saturated heterocycles. The number of rotatable bonds is 3. The molecular weight excluding hydrogens is 232 g/mol. The predicted octanol–water partition coefficient (Wildman–Crippen LogP) is 0.958. The third-order valence-electron chi connectivity index (χ3n) is 2.99. The van der Waals surface area contributed by atoms with Gasteiger partial charge in [-0.3, -0.25) is 4.79 Å². The van der Waals surface area contributed by atoms with Gasteiger partial charge in [-0.15, -0.1) is 0 Å². The fourth-order valence-electron chi connectivity index (χ4n) is 2.18. The topological polar surface area (TPSA) is 90.1 Å². The fraction of sp³-hybridized carbons (Fsp3) is 0.500. The third-order valence-corrected chi connectivity index (χ3v) is 2.99. The van der Waals surface area contributed by atoms with Crippen LogP contribution in [0, 0.1) is 24.2 Å². The Morgan fingerprint density at radius 1 is 1.67 bits per heavy atom. The second-order valence-electron chi connectivity index (χ2n) is 4.50. The minimum Gasteiger partial charge on any atom is -0.481 e. The van der Waals surface area contributed by atoms with Crippen LogP contribution < -0.4 is 4.90 Å². The van der Waals surface area contributed by atoms with Crippen LogP contribution >= 0.6 is 0 Å². The number of aromatic nitrogens is 2. The molecule has 1 atom stereocenters. The maximum atomic E-state index is 10.7. The van der Waals surface area contributed by atoms with Crippen LogP contribution in [0.3, 0.4) is 0 Å². The summed E-state index contributed by atoms with van der Waals surface area (Å²) in [7, 11) is 0. The minimum absolute atomic E-state index is 0.136. The molecule has 0 amide bonds. The molecule has 1 N–H and O–H groups in total. The molecular formula is C12H14N4O2. The highest BCUT2D eigenvalue weighted by atomic mass is 16.4. The van der Waals surface area contributed by atoms with Crippen molar-refractivity contribution >= 4 is 11.9 Å². The lowest BCUT2D eigenvalue weighted by molar-refractivity contribution is -0.137. The van der Waals surface area contributed by atoms with Gasteiger partial charge in [-0.05, 0) is 25.3 Å². The summed E-state index contributed by atoms with van der Waals surface area (Å²) in [5.41, 5.74) is 1.09. The molecule has 0 aromatic carbocycles. The van der Waals surface area contributed by atoms with Crippen molar-refractivity contribution in [3.63, 3.8) is 0 Å². The second-order valence-corrected chi connectivity index (χ2v) is 4.50. The van der Waals surface area contributed by atoms with Gasteiger partial charge in [-0.25, -0.2) is 9.97 Å². The first-order chi connectivity index (χ1) is 8.58. The van der Waals surface area contributed by atoms with Crippen LogP contribution in [0.5, 0.6) is 0 Å². The number of carboxylic acid groups (broad SMARTS) is 1. The second kappa shape index (κ2) is 5.00. The number of carboxylic acids is 1. The van der Waals surface area contributed by atoms with Gasteiger partial charge in [0, 0.05) is 25.2 Å². The number of anilines is 1. The van der Waals surface area contributed by atoms with Gasteiger partial charge >= 0.3 is 5.97 Å². The van der Waals surface area contributed by atoms with E-state index in [0.717, 1.165) is 18.7 Å². The summed E-state index contributed by atoms with van der Waals surface area (Å²) in [4.78, 5) is 21.1. The van der Waals surface area contributed by atoms with E-state index in [1.165, 1.54) is 0 Å². The Kier molecular flexibility index (Phi) is 3.42. The first-order valence-electron chi connectivity index (χ1n) is 5.81. The van der Waals surface area contributed by atoms with Crippen molar-refractivity contribution in [2.24, 2.45) is 5.92 Å². The highest BCUT2D eigenvalue weighted by Crippen LogP contribution is 2.23. The van der Waals surface area contributed by atoms with Crippen LogP contribution in [0.1, 0.15) is 24.2 Å². The van der Waals surface area contributed by atoms with E-state index in [2.05, 4.69) is 9.97 Å². The third kappa shape index (κ3) is 2.74. The van der Waals surface area contributed by atoms with Crippen LogP contribution in [0.15, 0.2) is 6.07 Å². The van der Waals surface area contributed by atoms with E-state index in [1.807, 2.05) is 17.9 Å². The van der Waals surface area contributed by atoms with Gasteiger partial charge in [0.05, 0.1) is 0 Å². The molecule has 6 heteroatoms. The van der Waals surface area contributed by atoms with Crippen molar-refractivity contribution in [2.45, 2.75) is 19.8 Å². The Labute approximate surface area is 105 Å². The van der Waals surface area contributed by atoms with Crippen LogP contribution in [0.4, 0.5) is 5.95 Å². The highest BCUT2D eigenvalue weighted by Gasteiger charge is 2.26. The normalized spacial score (nSPS) is 18.7. The van der Waals surface area contributed by atoms with Crippen molar-refractivity contribution in [1.29, 1.82) is 5.26 Å². The number of hydrogen-bond acceptors (Lipinski definition) is 5. The smallest absolute Gasteiger partial charge is 0.303 e. The molecule has 1 unspecified atom stereocenters. The molecule has 1 aliphatic heterocycles. The molecule has 18 heavy (non-hydrogen) atoms. The van der Waals surface area contributed by atoms with Crippen molar-refractivity contribution in [3.8, 4) is 6.07 Å². The molecule has 2 heterocycles. The lowest BCUT2D eigenvalue weighted by Gasteiger charge is -2.16. The first kappa shape index (κ1) is 12.3. The largest absolute Gasteiger partial charge is 0.481 e. The van der Waals surface area contributed by atoms with Gasteiger partial charge in [0.15, 0.2) is 0 Å². The number of nitriles is 1. The zero-order valence-electron chi connectivity index (χ0n) is 10.1. The van der Waals surface area contributed by atoms with Crippen LogP contribution in [0.25, 0.3) is 0 Å². The standard InChI is InChI=1S/C12H14N4O2/c1-8-4-10(6-13)15-12(14-8)16-3-2-9(7-16)5-11(17)18/h4,9H,2-3,5,7H2,1H3,(H,17,18). The van der Waals surface area contributed by atoms with E-state index in [9.17, 15) is 4.79 Å². The van der Waals surface area contributed by atoms with Crippen LogP contribution in [-0.4, -0.2) is 34.1 Å². The molecule has 0 radical (unpaired) electrons. The maximum absolute atomic E-state index is 10.7. The molecule has 1 aromatic heterocycles. The Hall–Kier alpha value is -2.16. The van der Waals surface area contributed by atoms with E-state index >= 15 is 0 Å².